The van der Waals surface area contributed by atoms with Crippen LogP contribution in [-0.4, -0.2) is 4.98 Å². The van der Waals surface area contributed by atoms with E-state index in [0.29, 0.717) is 0 Å². The highest BCUT2D eigenvalue weighted by Gasteiger charge is 2.00. The molecule has 1 aromatic heterocycles. The van der Waals surface area contributed by atoms with E-state index < -0.39 is 0 Å². The van der Waals surface area contributed by atoms with Gasteiger partial charge in [-0.3, -0.25) is 4.98 Å². The van der Waals surface area contributed by atoms with E-state index in [4.69, 9.17) is 0 Å². The van der Waals surface area contributed by atoms with Crippen LogP contribution in [0.5, 0.6) is 0 Å². The van der Waals surface area contributed by atoms with Crippen LogP contribution in [0.1, 0.15) is 11.1 Å². The van der Waals surface area contributed by atoms with E-state index in [1.165, 1.54) is 10.9 Å². The highest BCUT2D eigenvalue weighted by molar-refractivity contribution is 5.89. The third-order valence-corrected chi connectivity index (χ3v) is 2.24. The quantitative estimate of drug-likeness (QED) is 0.638. The van der Waals surface area contributed by atoms with E-state index in [2.05, 4.69) is 36.7 Å². The molecule has 1 aromatic carbocycles. The number of pyridine rings is 1. The van der Waals surface area contributed by atoms with Gasteiger partial charge in [-0.25, -0.2) is 0 Å². The molecule has 0 aliphatic heterocycles. The third-order valence-electron chi connectivity index (χ3n) is 2.24. The average Bonchev–Trinajstić information content (AvgIpc) is 2.19. The van der Waals surface area contributed by atoms with Crippen LogP contribution in [0.15, 0.2) is 37.0 Å². The summed E-state index contributed by atoms with van der Waals surface area (Å²) in [6, 6.07) is 8.20. The second-order valence-corrected chi connectivity index (χ2v) is 3.08. The predicted molar refractivity (Wildman–Crippen MR) is 56.6 cm³/mol. The van der Waals surface area contributed by atoms with Crippen molar-refractivity contribution in [3.8, 4) is 0 Å². The van der Waals surface area contributed by atoms with Crippen LogP contribution in [0.25, 0.3) is 17.0 Å². The Bertz CT molecular complexity index is 458. The van der Waals surface area contributed by atoms with Crippen molar-refractivity contribution >= 4 is 17.0 Å². The molecule has 0 aliphatic carbocycles. The highest BCUT2D eigenvalue weighted by Crippen LogP contribution is 2.20. The lowest BCUT2D eigenvalue weighted by molar-refractivity contribution is 1.38. The molecule has 0 fully saturated rings. The van der Waals surface area contributed by atoms with Crippen LogP contribution in [-0.2, 0) is 0 Å². The standard InChI is InChI=1S/C12H11N/c1-3-10-7-6-9(2)11-5-4-8-13-12(10)11/h3-8H,1H2,2H3. The van der Waals surface area contributed by atoms with Gasteiger partial charge in [-0.1, -0.05) is 30.9 Å². The Morgan fingerprint density at radius 1 is 1.31 bits per heavy atom. The molecule has 0 saturated carbocycles. The van der Waals surface area contributed by atoms with Gasteiger partial charge in [-0.2, -0.15) is 0 Å². The zero-order valence-corrected chi connectivity index (χ0v) is 7.62. The molecule has 0 amide bonds. The lowest BCUT2D eigenvalue weighted by Gasteiger charge is -2.03. The maximum atomic E-state index is 4.34. The maximum Gasteiger partial charge on any atom is 0.0776 e. The van der Waals surface area contributed by atoms with E-state index in [9.17, 15) is 0 Å². The molecule has 1 nitrogen and oxygen atoms in total. The lowest BCUT2D eigenvalue weighted by atomic mass is 10.1. The van der Waals surface area contributed by atoms with E-state index in [1.54, 1.807) is 0 Å². The molecule has 0 bridgehead atoms. The van der Waals surface area contributed by atoms with Crippen molar-refractivity contribution in [3.05, 3.63) is 48.2 Å². The minimum atomic E-state index is 1.04. The van der Waals surface area contributed by atoms with Crippen molar-refractivity contribution in [2.75, 3.05) is 0 Å². The number of rotatable bonds is 1. The van der Waals surface area contributed by atoms with E-state index in [0.717, 1.165) is 11.1 Å². The van der Waals surface area contributed by atoms with Gasteiger partial charge in [0.25, 0.3) is 0 Å². The lowest BCUT2D eigenvalue weighted by Crippen LogP contribution is -1.84. The first-order chi connectivity index (χ1) is 6.33. The van der Waals surface area contributed by atoms with Gasteiger partial charge < -0.3 is 0 Å². The minimum Gasteiger partial charge on any atom is -0.256 e. The van der Waals surface area contributed by atoms with Gasteiger partial charge in [-0.15, -0.1) is 0 Å². The van der Waals surface area contributed by atoms with Gasteiger partial charge in [0.05, 0.1) is 5.52 Å². The minimum absolute atomic E-state index is 1.04. The summed E-state index contributed by atoms with van der Waals surface area (Å²) in [5.41, 5.74) is 3.40. The molecule has 2 aromatic rings. The van der Waals surface area contributed by atoms with Crippen LogP contribution >= 0.6 is 0 Å². The van der Waals surface area contributed by atoms with Gasteiger partial charge in [0.15, 0.2) is 0 Å². The summed E-state index contributed by atoms with van der Waals surface area (Å²) >= 11 is 0. The first-order valence-electron chi connectivity index (χ1n) is 4.29. The molecular weight excluding hydrogens is 158 g/mol. The Morgan fingerprint density at radius 3 is 2.92 bits per heavy atom. The molecule has 0 atom stereocenters. The van der Waals surface area contributed by atoms with Crippen molar-refractivity contribution in [2.24, 2.45) is 0 Å². The van der Waals surface area contributed by atoms with Crippen LogP contribution in [0, 0.1) is 6.92 Å². The van der Waals surface area contributed by atoms with Crippen molar-refractivity contribution in [3.63, 3.8) is 0 Å². The zero-order valence-electron chi connectivity index (χ0n) is 7.62. The van der Waals surface area contributed by atoms with Crippen molar-refractivity contribution < 1.29 is 0 Å². The number of aromatic nitrogens is 1. The van der Waals surface area contributed by atoms with Gasteiger partial charge in [0.1, 0.15) is 0 Å². The van der Waals surface area contributed by atoms with Crippen LogP contribution in [0.3, 0.4) is 0 Å². The fourth-order valence-electron chi connectivity index (χ4n) is 1.50. The third kappa shape index (κ3) is 1.22. The summed E-state index contributed by atoms with van der Waals surface area (Å²) in [5.74, 6) is 0. The maximum absolute atomic E-state index is 4.34. The molecular formula is C12H11N. The smallest absolute Gasteiger partial charge is 0.0776 e. The normalized spacial score (nSPS) is 10.2. The SMILES string of the molecule is C=Cc1ccc(C)c2cccnc12. The van der Waals surface area contributed by atoms with E-state index in [1.807, 2.05) is 18.3 Å². The summed E-state index contributed by atoms with van der Waals surface area (Å²) in [7, 11) is 0. The first-order valence-corrected chi connectivity index (χ1v) is 4.29. The second-order valence-electron chi connectivity index (χ2n) is 3.08. The van der Waals surface area contributed by atoms with E-state index >= 15 is 0 Å². The zero-order chi connectivity index (χ0) is 9.26. The van der Waals surface area contributed by atoms with Gasteiger partial charge >= 0.3 is 0 Å². The number of aryl methyl sites for hydroxylation is 1. The van der Waals surface area contributed by atoms with Gasteiger partial charge in [0, 0.05) is 17.1 Å². The molecule has 13 heavy (non-hydrogen) atoms. The topological polar surface area (TPSA) is 12.9 Å². The van der Waals surface area contributed by atoms with Crippen LogP contribution in [0.2, 0.25) is 0 Å². The molecule has 0 spiro atoms. The summed E-state index contributed by atoms with van der Waals surface area (Å²) in [6.07, 6.45) is 3.66. The molecule has 0 saturated heterocycles. The van der Waals surface area contributed by atoms with Crippen LogP contribution in [0.4, 0.5) is 0 Å². The average molecular weight is 169 g/mol. The largest absolute Gasteiger partial charge is 0.256 e. The molecule has 0 unspecified atom stereocenters. The number of fused-ring (bicyclic) bond motifs is 1. The monoisotopic (exact) mass is 169 g/mol. The summed E-state index contributed by atoms with van der Waals surface area (Å²) in [5, 5.41) is 1.21. The second kappa shape index (κ2) is 3.02. The first kappa shape index (κ1) is 7.99. The molecule has 0 aliphatic rings. The Labute approximate surface area is 77.7 Å². The molecule has 0 N–H and O–H groups in total. The number of nitrogens with zero attached hydrogens (tertiary/aromatic N) is 1. The summed E-state index contributed by atoms with van der Waals surface area (Å²) in [6.45, 7) is 5.86. The van der Waals surface area contributed by atoms with Gasteiger partial charge in [-0.05, 0) is 18.6 Å². The number of benzene rings is 1. The van der Waals surface area contributed by atoms with Crippen molar-refractivity contribution in [1.82, 2.24) is 4.98 Å². The van der Waals surface area contributed by atoms with Gasteiger partial charge in [0.2, 0.25) is 0 Å². The number of hydrogen-bond donors (Lipinski definition) is 0. The fraction of sp³-hybridized carbons (Fsp3) is 0.0833. The molecule has 1 heteroatoms. The highest BCUT2D eigenvalue weighted by atomic mass is 14.6. The van der Waals surface area contributed by atoms with Crippen molar-refractivity contribution in [2.45, 2.75) is 6.92 Å². The molecule has 1 heterocycles. The predicted octanol–water partition coefficient (Wildman–Crippen LogP) is 3.19. The van der Waals surface area contributed by atoms with Crippen molar-refractivity contribution in [1.29, 1.82) is 0 Å². The molecule has 2 rings (SSSR count). The Kier molecular flexibility index (Phi) is 1.85. The number of hydrogen-bond acceptors (Lipinski definition) is 1. The van der Waals surface area contributed by atoms with E-state index in [-0.39, 0.29) is 0 Å². The Morgan fingerprint density at radius 2 is 2.15 bits per heavy atom. The van der Waals surface area contributed by atoms with Crippen LogP contribution < -0.4 is 0 Å². The molecule has 0 radical (unpaired) electrons. The summed E-state index contributed by atoms with van der Waals surface area (Å²) in [4.78, 5) is 4.34. The molecule has 64 valence electrons. The Balaban J connectivity index is 2.92. The fourth-order valence-corrected chi connectivity index (χ4v) is 1.50. The summed E-state index contributed by atoms with van der Waals surface area (Å²) < 4.78 is 0. The Hall–Kier alpha value is -1.63.